The van der Waals surface area contributed by atoms with Gasteiger partial charge in [0.2, 0.25) is 11.9 Å². The van der Waals surface area contributed by atoms with Gasteiger partial charge in [0, 0.05) is 25.6 Å². The molecular weight excluding hydrogens is 266 g/mol. The van der Waals surface area contributed by atoms with Gasteiger partial charge in [-0.05, 0) is 30.9 Å². The Morgan fingerprint density at radius 3 is 2.90 bits per heavy atom. The maximum atomic E-state index is 11.4. The summed E-state index contributed by atoms with van der Waals surface area (Å²) in [6.07, 6.45) is 2.50. The Morgan fingerprint density at radius 2 is 2.14 bits per heavy atom. The zero-order valence-corrected chi connectivity index (χ0v) is 12.0. The topological polar surface area (TPSA) is 82.8 Å². The fourth-order valence-corrected chi connectivity index (χ4v) is 3.12. The molecule has 0 spiro atoms. The highest BCUT2D eigenvalue weighted by Gasteiger charge is 2.34. The first-order chi connectivity index (χ1) is 10.3. The summed E-state index contributed by atoms with van der Waals surface area (Å²) in [6, 6.07) is 10.1. The summed E-state index contributed by atoms with van der Waals surface area (Å²) < 4.78 is 0. The van der Waals surface area contributed by atoms with E-state index in [1.807, 2.05) is 30.3 Å². The van der Waals surface area contributed by atoms with Crippen molar-refractivity contribution in [1.29, 1.82) is 0 Å². The normalized spacial score (nSPS) is 26.0. The molecule has 1 aromatic rings. The molecule has 2 fully saturated rings. The van der Waals surface area contributed by atoms with Crippen molar-refractivity contribution in [3.63, 3.8) is 0 Å². The van der Waals surface area contributed by atoms with Crippen LogP contribution >= 0.6 is 0 Å². The summed E-state index contributed by atoms with van der Waals surface area (Å²) in [5, 5.41) is 3.09. The third-order valence-corrected chi connectivity index (χ3v) is 4.24. The van der Waals surface area contributed by atoms with Crippen molar-refractivity contribution in [2.24, 2.45) is 16.8 Å². The van der Waals surface area contributed by atoms with E-state index in [1.54, 1.807) is 0 Å². The van der Waals surface area contributed by atoms with Crippen LogP contribution in [0.3, 0.4) is 0 Å². The molecule has 2 unspecified atom stereocenters. The number of nitrogens with zero attached hydrogens (tertiary/aromatic N) is 2. The number of hydrogen-bond donors (Lipinski definition) is 3. The van der Waals surface area contributed by atoms with Gasteiger partial charge in [0.25, 0.3) is 0 Å². The highest BCUT2D eigenvalue weighted by atomic mass is 16.1. The molecule has 2 aliphatic rings. The lowest BCUT2D eigenvalue weighted by Crippen LogP contribution is -2.57. The van der Waals surface area contributed by atoms with Gasteiger partial charge in [-0.3, -0.25) is 10.2 Å². The van der Waals surface area contributed by atoms with Crippen molar-refractivity contribution in [2.45, 2.75) is 25.3 Å². The maximum Gasteiger partial charge on any atom is 0.220 e. The van der Waals surface area contributed by atoms with Gasteiger partial charge in [0.15, 0.2) is 0 Å². The number of nitrogens with two attached hydrogens (primary N) is 1. The van der Waals surface area contributed by atoms with Crippen LogP contribution in [0.15, 0.2) is 35.3 Å². The van der Waals surface area contributed by atoms with Crippen LogP contribution in [0.2, 0.25) is 0 Å². The summed E-state index contributed by atoms with van der Waals surface area (Å²) in [5.74, 6) is 7.00. The minimum absolute atomic E-state index is 0.180. The zero-order chi connectivity index (χ0) is 14.7. The number of rotatable bonds is 1. The molecule has 3 rings (SSSR count). The van der Waals surface area contributed by atoms with E-state index in [4.69, 9.17) is 5.84 Å². The molecule has 0 saturated carbocycles. The van der Waals surface area contributed by atoms with Crippen LogP contribution in [-0.4, -0.2) is 35.9 Å². The van der Waals surface area contributed by atoms with Crippen LogP contribution in [0, 0.1) is 5.92 Å². The van der Waals surface area contributed by atoms with Crippen molar-refractivity contribution < 1.29 is 4.79 Å². The molecule has 6 nitrogen and oxygen atoms in total. The first kappa shape index (κ1) is 13.9. The molecule has 2 atom stereocenters. The van der Waals surface area contributed by atoms with Crippen LogP contribution in [0.1, 0.15) is 19.3 Å². The number of carbonyl (C=O) groups is 1. The molecule has 1 aromatic carbocycles. The Balaban J connectivity index is 1.71. The largest absolute Gasteiger partial charge is 0.353 e. The number of benzene rings is 1. The highest BCUT2D eigenvalue weighted by molar-refractivity contribution is 5.82. The summed E-state index contributed by atoms with van der Waals surface area (Å²) in [4.78, 5) is 18.2. The van der Waals surface area contributed by atoms with Gasteiger partial charge in [-0.1, -0.05) is 18.2 Å². The van der Waals surface area contributed by atoms with Crippen LogP contribution in [0.5, 0.6) is 0 Å². The molecule has 2 heterocycles. The molecule has 21 heavy (non-hydrogen) atoms. The Bertz CT molecular complexity index is 530. The summed E-state index contributed by atoms with van der Waals surface area (Å²) >= 11 is 0. The predicted octanol–water partition coefficient (Wildman–Crippen LogP) is 0.738. The van der Waals surface area contributed by atoms with E-state index >= 15 is 0 Å². The highest BCUT2D eigenvalue weighted by Crippen LogP contribution is 2.25. The number of amides is 1. The zero-order valence-electron chi connectivity index (χ0n) is 12.0. The number of hydrazine groups is 1. The number of nitrogens with one attached hydrogen (secondary N) is 2. The van der Waals surface area contributed by atoms with Gasteiger partial charge in [-0.25, -0.2) is 10.8 Å². The van der Waals surface area contributed by atoms with Crippen LogP contribution in [-0.2, 0) is 4.79 Å². The fraction of sp³-hybridized carbons (Fsp3) is 0.467. The minimum Gasteiger partial charge on any atom is -0.353 e. The number of hydrogen-bond acceptors (Lipinski definition) is 3. The van der Waals surface area contributed by atoms with Gasteiger partial charge in [-0.15, -0.1) is 0 Å². The molecular formula is C15H21N5O. The van der Waals surface area contributed by atoms with E-state index in [0.29, 0.717) is 24.3 Å². The van der Waals surface area contributed by atoms with E-state index in [0.717, 1.165) is 31.6 Å². The van der Waals surface area contributed by atoms with Gasteiger partial charge in [-0.2, -0.15) is 0 Å². The quantitative estimate of drug-likeness (QED) is 0.308. The van der Waals surface area contributed by atoms with E-state index in [2.05, 4.69) is 20.6 Å². The third-order valence-electron chi connectivity index (χ3n) is 4.24. The standard InChI is InChI=1S/C15H21N5O/c16-19-15(17-12-4-2-1-3-5-12)20-9-8-13-11(10-20)6-7-14(21)18-13/h1-5,11,13H,6-10,16H2,(H,17,19)(H,18,21). The van der Waals surface area contributed by atoms with Gasteiger partial charge < -0.3 is 10.2 Å². The van der Waals surface area contributed by atoms with Crippen molar-refractivity contribution >= 4 is 17.6 Å². The first-order valence-corrected chi connectivity index (χ1v) is 7.41. The number of carbonyl (C=O) groups excluding carboxylic acids is 1. The van der Waals surface area contributed by atoms with E-state index in [-0.39, 0.29) is 5.91 Å². The number of fused-ring (bicyclic) bond motifs is 1. The van der Waals surface area contributed by atoms with E-state index in [1.165, 1.54) is 0 Å². The second-order valence-electron chi connectivity index (χ2n) is 5.62. The Kier molecular flexibility index (Phi) is 4.06. The average Bonchev–Trinajstić information content (AvgIpc) is 2.53. The molecule has 4 N–H and O–H groups in total. The SMILES string of the molecule is NNC(=Nc1ccccc1)N1CCC2NC(=O)CCC2C1. The Labute approximate surface area is 124 Å². The molecule has 0 bridgehead atoms. The second kappa shape index (κ2) is 6.13. The molecule has 2 aliphatic heterocycles. The molecule has 0 aliphatic carbocycles. The van der Waals surface area contributed by atoms with Crippen LogP contribution in [0.4, 0.5) is 5.69 Å². The Morgan fingerprint density at radius 1 is 1.33 bits per heavy atom. The number of guanidine groups is 1. The summed E-state index contributed by atoms with van der Waals surface area (Å²) in [7, 11) is 0. The monoisotopic (exact) mass is 287 g/mol. The molecule has 0 radical (unpaired) electrons. The lowest BCUT2D eigenvalue weighted by Gasteiger charge is -2.42. The second-order valence-corrected chi connectivity index (χ2v) is 5.62. The lowest BCUT2D eigenvalue weighted by atomic mass is 9.85. The molecule has 1 amide bonds. The van der Waals surface area contributed by atoms with Gasteiger partial charge in [0.1, 0.15) is 0 Å². The maximum absolute atomic E-state index is 11.4. The van der Waals surface area contributed by atoms with Crippen molar-refractivity contribution in [2.75, 3.05) is 13.1 Å². The Hall–Kier alpha value is -2.08. The smallest absolute Gasteiger partial charge is 0.220 e. The van der Waals surface area contributed by atoms with Crippen LogP contribution < -0.4 is 16.6 Å². The van der Waals surface area contributed by atoms with E-state index < -0.39 is 0 Å². The molecule has 6 heteroatoms. The number of likely N-dealkylation sites (tertiary alicyclic amines) is 1. The molecule has 2 saturated heterocycles. The fourth-order valence-electron chi connectivity index (χ4n) is 3.12. The summed E-state index contributed by atoms with van der Waals surface area (Å²) in [5.41, 5.74) is 3.59. The van der Waals surface area contributed by atoms with Crippen LogP contribution in [0.25, 0.3) is 0 Å². The van der Waals surface area contributed by atoms with Crippen molar-refractivity contribution in [3.05, 3.63) is 30.3 Å². The molecule has 112 valence electrons. The van der Waals surface area contributed by atoms with Crippen molar-refractivity contribution in [3.8, 4) is 0 Å². The van der Waals surface area contributed by atoms with E-state index in [9.17, 15) is 4.79 Å². The average molecular weight is 287 g/mol. The van der Waals surface area contributed by atoms with Gasteiger partial charge >= 0.3 is 0 Å². The lowest BCUT2D eigenvalue weighted by molar-refractivity contribution is -0.125. The minimum atomic E-state index is 0.180. The number of piperidine rings is 2. The van der Waals surface area contributed by atoms with Crippen molar-refractivity contribution in [1.82, 2.24) is 15.6 Å². The van der Waals surface area contributed by atoms with Gasteiger partial charge in [0.05, 0.1) is 5.69 Å². The molecule has 0 aromatic heterocycles. The third kappa shape index (κ3) is 3.16. The number of aliphatic imine (C=N–C) groups is 1. The first-order valence-electron chi connectivity index (χ1n) is 7.41. The number of para-hydroxylation sites is 1. The predicted molar refractivity (Wildman–Crippen MR) is 81.7 cm³/mol. The summed E-state index contributed by atoms with van der Waals surface area (Å²) in [6.45, 7) is 1.72.